The normalized spacial score (nSPS) is 11.0. The molecule has 8 nitrogen and oxygen atoms in total. The molecule has 0 bridgehead atoms. The smallest absolute Gasteiger partial charge is 0.213 e. The Hall–Kier alpha value is -2.82. The molecule has 9 heteroatoms. The number of ether oxygens (including phenoxy) is 2. The van der Waals surface area contributed by atoms with E-state index < -0.39 is 0 Å². The average molecular weight is 564 g/mol. The molecule has 0 atom stereocenters. The number of aromatic nitrogens is 3. The van der Waals surface area contributed by atoms with Crippen LogP contribution in [0, 0.1) is 13.8 Å². The van der Waals surface area contributed by atoms with Gasteiger partial charge in [0.25, 0.3) is 0 Å². The molecule has 0 spiro atoms. The molecule has 33 heavy (non-hydrogen) atoms. The number of aryl methyl sites for hydroxylation is 2. The Kier molecular flexibility index (Phi) is 10.9. The van der Waals surface area contributed by atoms with Gasteiger partial charge in [-0.15, -0.1) is 24.0 Å². The molecule has 0 fully saturated rings. The van der Waals surface area contributed by atoms with Gasteiger partial charge in [-0.25, -0.2) is 9.98 Å². The predicted octanol–water partition coefficient (Wildman–Crippen LogP) is 3.76. The first-order chi connectivity index (χ1) is 15.6. The summed E-state index contributed by atoms with van der Waals surface area (Å²) in [7, 11) is 1.96. The Labute approximate surface area is 212 Å². The predicted molar refractivity (Wildman–Crippen MR) is 141 cm³/mol. The first kappa shape index (κ1) is 26.4. The molecule has 0 saturated carbocycles. The lowest BCUT2D eigenvalue weighted by Gasteiger charge is -2.12. The second-order valence-corrected chi connectivity index (χ2v) is 7.34. The van der Waals surface area contributed by atoms with Crippen molar-refractivity contribution in [2.24, 2.45) is 12.0 Å². The maximum absolute atomic E-state index is 5.65. The first-order valence-electron chi connectivity index (χ1n) is 10.8. The lowest BCUT2D eigenvalue weighted by atomic mass is 10.2. The number of para-hydroxylation sites is 1. The second-order valence-electron chi connectivity index (χ2n) is 7.34. The van der Waals surface area contributed by atoms with Crippen molar-refractivity contribution in [1.29, 1.82) is 0 Å². The number of guanidine groups is 1. The van der Waals surface area contributed by atoms with Crippen molar-refractivity contribution in [2.45, 2.75) is 33.9 Å². The number of aliphatic imine (C=N–C) groups is 1. The summed E-state index contributed by atoms with van der Waals surface area (Å²) < 4.78 is 13.2. The Balaban J connectivity index is 0.00000385. The van der Waals surface area contributed by atoms with E-state index in [1.165, 1.54) is 5.56 Å². The SMILES string of the molecule is CCNC(=NCc1ccc(OCCOc2ccccc2)nc1)NCc1c(C)nn(C)c1C.I. The maximum Gasteiger partial charge on any atom is 0.213 e. The molecule has 2 heterocycles. The quantitative estimate of drug-likeness (QED) is 0.169. The van der Waals surface area contributed by atoms with E-state index in [0.717, 1.165) is 35.2 Å². The highest BCUT2D eigenvalue weighted by molar-refractivity contribution is 14.0. The summed E-state index contributed by atoms with van der Waals surface area (Å²) in [6.07, 6.45) is 1.79. The molecule has 3 aromatic rings. The Morgan fingerprint density at radius 2 is 1.79 bits per heavy atom. The molecule has 0 saturated heterocycles. The molecule has 2 aromatic heterocycles. The number of pyridine rings is 1. The van der Waals surface area contributed by atoms with Crippen LogP contribution in [-0.4, -0.2) is 40.5 Å². The van der Waals surface area contributed by atoms with E-state index >= 15 is 0 Å². The number of rotatable bonds is 10. The highest BCUT2D eigenvalue weighted by Gasteiger charge is 2.09. The molecule has 1 aromatic carbocycles. The van der Waals surface area contributed by atoms with Crippen molar-refractivity contribution in [3.05, 3.63) is 71.2 Å². The number of hydrogen-bond donors (Lipinski definition) is 2. The van der Waals surface area contributed by atoms with Crippen LogP contribution in [0.1, 0.15) is 29.4 Å². The number of nitrogens with zero attached hydrogens (tertiary/aromatic N) is 4. The minimum absolute atomic E-state index is 0. The van der Waals surface area contributed by atoms with Crippen LogP contribution in [0.25, 0.3) is 0 Å². The lowest BCUT2D eigenvalue weighted by Crippen LogP contribution is -2.37. The standard InChI is InChI=1S/C24H32N6O2.HI/c1-5-25-24(28-17-22-18(2)29-30(4)19(22)3)27-16-20-11-12-23(26-15-20)32-14-13-31-21-9-7-6-8-10-21;/h6-12,15H,5,13-14,16-17H2,1-4H3,(H2,25,27,28);1H. The molecule has 0 amide bonds. The molecule has 0 aliphatic heterocycles. The molecular weight excluding hydrogens is 531 g/mol. The monoisotopic (exact) mass is 564 g/mol. The minimum Gasteiger partial charge on any atom is -0.490 e. The van der Waals surface area contributed by atoms with Crippen molar-refractivity contribution in [3.63, 3.8) is 0 Å². The van der Waals surface area contributed by atoms with E-state index in [2.05, 4.69) is 32.6 Å². The van der Waals surface area contributed by atoms with Crippen molar-refractivity contribution in [1.82, 2.24) is 25.4 Å². The second kappa shape index (κ2) is 13.7. The van der Waals surface area contributed by atoms with Crippen LogP contribution in [0.5, 0.6) is 11.6 Å². The summed E-state index contributed by atoms with van der Waals surface area (Å²) in [4.78, 5) is 9.04. The molecule has 0 aliphatic carbocycles. The Morgan fingerprint density at radius 3 is 2.42 bits per heavy atom. The van der Waals surface area contributed by atoms with Gasteiger partial charge in [-0.2, -0.15) is 5.10 Å². The third kappa shape index (κ3) is 8.23. The molecule has 2 N–H and O–H groups in total. The van der Waals surface area contributed by atoms with Crippen LogP contribution in [0.2, 0.25) is 0 Å². The number of halogens is 1. The highest BCUT2D eigenvalue weighted by atomic mass is 127. The van der Waals surface area contributed by atoms with E-state index in [9.17, 15) is 0 Å². The number of benzene rings is 1. The molecule has 3 rings (SSSR count). The number of hydrogen-bond acceptors (Lipinski definition) is 5. The van der Waals surface area contributed by atoms with Crippen molar-refractivity contribution in [2.75, 3.05) is 19.8 Å². The third-order valence-corrected chi connectivity index (χ3v) is 5.00. The van der Waals surface area contributed by atoms with Crippen LogP contribution >= 0.6 is 24.0 Å². The van der Waals surface area contributed by atoms with Crippen molar-refractivity contribution < 1.29 is 9.47 Å². The van der Waals surface area contributed by atoms with Gasteiger partial charge >= 0.3 is 0 Å². The molecule has 0 aliphatic rings. The van der Waals surface area contributed by atoms with Crippen molar-refractivity contribution in [3.8, 4) is 11.6 Å². The Bertz CT molecular complexity index is 1010. The molecule has 0 radical (unpaired) electrons. The van der Waals surface area contributed by atoms with Crippen LogP contribution in [-0.2, 0) is 20.1 Å². The number of nitrogens with one attached hydrogen (secondary N) is 2. The van der Waals surface area contributed by atoms with Crippen LogP contribution in [0.3, 0.4) is 0 Å². The van der Waals surface area contributed by atoms with Crippen LogP contribution in [0.15, 0.2) is 53.7 Å². The maximum atomic E-state index is 5.65. The zero-order chi connectivity index (χ0) is 22.8. The first-order valence-corrected chi connectivity index (χ1v) is 10.8. The van der Waals surface area contributed by atoms with E-state index in [0.29, 0.717) is 32.2 Å². The Morgan fingerprint density at radius 1 is 1.03 bits per heavy atom. The average Bonchev–Trinajstić information content (AvgIpc) is 3.05. The van der Waals surface area contributed by atoms with Crippen LogP contribution in [0.4, 0.5) is 0 Å². The minimum atomic E-state index is 0. The molecular formula is C24H33IN6O2. The summed E-state index contributed by atoms with van der Waals surface area (Å²) in [6.45, 7) is 9.02. The van der Waals surface area contributed by atoms with Gasteiger partial charge < -0.3 is 20.1 Å². The van der Waals surface area contributed by atoms with E-state index in [1.54, 1.807) is 6.20 Å². The van der Waals surface area contributed by atoms with Gasteiger partial charge in [0.1, 0.15) is 19.0 Å². The fourth-order valence-corrected chi connectivity index (χ4v) is 3.17. The lowest BCUT2D eigenvalue weighted by molar-refractivity contribution is 0.212. The fourth-order valence-electron chi connectivity index (χ4n) is 3.17. The van der Waals surface area contributed by atoms with Crippen LogP contribution < -0.4 is 20.1 Å². The van der Waals surface area contributed by atoms with E-state index in [1.807, 2.05) is 68.0 Å². The van der Waals surface area contributed by atoms with Crippen molar-refractivity contribution >= 4 is 29.9 Å². The third-order valence-electron chi connectivity index (χ3n) is 5.00. The topological polar surface area (TPSA) is 85.6 Å². The van der Waals surface area contributed by atoms with Gasteiger partial charge in [-0.05, 0) is 38.5 Å². The van der Waals surface area contributed by atoms with Gasteiger partial charge in [-0.1, -0.05) is 24.3 Å². The van der Waals surface area contributed by atoms with Gasteiger partial charge in [0.15, 0.2) is 5.96 Å². The summed E-state index contributed by atoms with van der Waals surface area (Å²) in [5.74, 6) is 2.16. The van der Waals surface area contributed by atoms with Gasteiger partial charge in [-0.3, -0.25) is 4.68 Å². The summed E-state index contributed by atoms with van der Waals surface area (Å²) in [6, 6.07) is 13.5. The summed E-state index contributed by atoms with van der Waals surface area (Å²) in [5.41, 5.74) is 4.38. The highest BCUT2D eigenvalue weighted by Crippen LogP contribution is 2.12. The summed E-state index contributed by atoms with van der Waals surface area (Å²) in [5, 5.41) is 11.1. The van der Waals surface area contributed by atoms with E-state index in [4.69, 9.17) is 9.47 Å². The summed E-state index contributed by atoms with van der Waals surface area (Å²) >= 11 is 0. The van der Waals surface area contributed by atoms with Gasteiger partial charge in [0.05, 0.1) is 12.2 Å². The largest absolute Gasteiger partial charge is 0.490 e. The van der Waals surface area contributed by atoms with Gasteiger partial charge in [0.2, 0.25) is 5.88 Å². The van der Waals surface area contributed by atoms with Gasteiger partial charge in [0, 0.05) is 43.7 Å². The molecule has 178 valence electrons. The molecule has 0 unspecified atom stereocenters. The fraction of sp³-hybridized carbons (Fsp3) is 0.375. The van der Waals surface area contributed by atoms with E-state index in [-0.39, 0.29) is 24.0 Å². The zero-order valence-electron chi connectivity index (χ0n) is 19.7. The zero-order valence-corrected chi connectivity index (χ0v) is 22.0.